The highest BCUT2D eigenvalue weighted by Crippen LogP contribution is 2.41. The van der Waals surface area contributed by atoms with E-state index < -0.39 is 60.8 Å². The van der Waals surface area contributed by atoms with Gasteiger partial charge >= 0.3 is 6.36 Å². The van der Waals surface area contributed by atoms with Crippen molar-refractivity contribution in [3.05, 3.63) is 58.8 Å². The molecule has 0 bridgehead atoms. The quantitative estimate of drug-likeness (QED) is 0.254. The summed E-state index contributed by atoms with van der Waals surface area (Å²) >= 11 is 0. The van der Waals surface area contributed by atoms with Crippen LogP contribution >= 0.6 is 0 Å². The van der Waals surface area contributed by atoms with Crippen molar-refractivity contribution in [1.29, 1.82) is 0 Å². The van der Waals surface area contributed by atoms with Crippen LogP contribution in [0.2, 0.25) is 0 Å². The third-order valence-electron chi connectivity index (χ3n) is 4.51. The maximum atomic E-state index is 12.7. The summed E-state index contributed by atoms with van der Waals surface area (Å²) in [7, 11) is -4.59. The number of halogens is 3. The average molecular weight is 483 g/mol. The van der Waals surface area contributed by atoms with Gasteiger partial charge in [0.15, 0.2) is 11.5 Å². The molecule has 0 aliphatic rings. The Hall–Kier alpha value is -4.13. The first-order valence-corrected chi connectivity index (χ1v) is 10.4. The summed E-state index contributed by atoms with van der Waals surface area (Å²) in [5.41, 5.74) is -1.92. The first kappa shape index (κ1) is 22.1. The number of aromatic hydroxyl groups is 3. The van der Waals surface area contributed by atoms with Crippen LogP contribution in [-0.4, -0.2) is 30.1 Å². The van der Waals surface area contributed by atoms with Crippen molar-refractivity contribution in [1.82, 2.24) is 0 Å². The Balaban J connectivity index is 1.82. The Bertz CT molecular complexity index is 1580. The van der Waals surface area contributed by atoms with Crippen molar-refractivity contribution in [3.8, 4) is 23.0 Å². The maximum Gasteiger partial charge on any atom is 0.573 e. The largest absolute Gasteiger partial charge is 0.573 e. The van der Waals surface area contributed by atoms with E-state index in [1.54, 1.807) is 0 Å². The molecule has 0 amide bonds. The molecular formula is C20H12F3NO8S. The molecule has 4 rings (SSSR count). The van der Waals surface area contributed by atoms with Crippen molar-refractivity contribution >= 4 is 37.6 Å². The number of alkyl halides is 3. The van der Waals surface area contributed by atoms with Crippen LogP contribution in [-0.2, 0) is 10.0 Å². The van der Waals surface area contributed by atoms with Gasteiger partial charge in [0.1, 0.15) is 33.4 Å². The van der Waals surface area contributed by atoms with E-state index in [0.29, 0.717) is 6.07 Å². The monoisotopic (exact) mass is 483 g/mol. The van der Waals surface area contributed by atoms with Gasteiger partial charge < -0.3 is 24.5 Å². The highest BCUT2D eigenvalue weighted by Gasteiger charge is 2.31. The van der Waals surface area contributed by atoms with Crippen LogP contribution in [0.5, 0.6) is 23.0 Å². The van der Waals surface area contributed by atoms with Crippen LogP contribution < -0.4 is 14.9 Å². The lowest BCUT2D eigenvalue weighted by molar-refractivity contribution is -0.274. The Morgan fingerprint density at radius 2 is 1.61 bits per heavy atom. The molecule has 0 fully saturated rings. The molecule has 9 nitrogen and oxygen atoms in total. The first-order valence-electron chi connectivity index (χ1n) is 8.89. The molecule has 0 spiro atoms. The Morgan fingerprint density at radius 3 is 2.30 bits per heavy atom. The van der Waals surface area contributed by atoms with Gasteiger partial charge in [-0.25, -0.2) is 8.42 Å². The second kappa shape index (κ2) is 7.48. The number of hydrogen-bond acceptors (Lipinski definition) is 8. The van der Waals surface area contributed by atoms with E-state index in [1.807, 2.05) is 4.72 Å². The number of anilines is 1. The lowest BCUT2D eigenvalue weighted by Gasteiger charge is -2.14. The Morgan fingerprint density at radius 1 is 0.909 bits per heavy atom. The van der Waals surface area contributed by atoms with Crippen molar-refractivity contribution in [2.75, 3.05) is 4.72 Å². The summed E-state index contributed by atoms with van der Waals surface area (Å²) < 4.78 is 73.7. The van der Waals surface area contributed by atoms with Crippen molar-refractivity contribution in [2.45, 2.75) is 11.3 Å². The summed E-state index contributed by atoms with van der Waals surface area (Å²) in [5, 5.41) is 29.8. The number of phenolic OH excluding ortho intramolecular Hbond substituents is 3. The zero-order valence-corrected chi connectivity index (χ0v) is 16.9. The Labute approximate surface area is 181 Å². The molecule has 172 valence electrons. The molecule has 1 aromatic heterocycles. The van der Waals surface area contributed by atoms with Crippen molar-refractivity contribution < 1.29 is 46.1 Å². The fraction of sp³-hybridized carbons (Fsp3) is 0.0500. The van der Waals surface area contributed by atoms with Gasteiger partial charge in [-0.15, -0.1) is 13.2 Å². The van der Waals surface area contributed by atoms with E-state index in [9.17, 15) is 41.7 Å². The third-order valence-corrected chi connectivity index (χ3v) is 5.87. The molecule has 0 saturated carbocycles. The third kappa shape index (κ3) is 4.05. The molecule has 13 heteroatoms. The van der Waals surface area contributed by atoms with E-state index in [4.69, 9.17) is 4.42 Å². The van der Waals surface area contributed by atoms with Crippen LogP contribution in [0.25, 0.3) is 21.9 Å². The molecule has 0 atom stereocenters. The Kier molecular flexibility index (Phi) is 5.00. The van der Waals surface area contributed by atoms with E-state index in [1.165, 1.54) is 18.2 Å². The number of hydrogen-bond donors (Lipinski definition) is 4. The predicted octanol–water partition coefficient (Wildman–Crippen LogP) is 3.76. The number of fused-ring (bicyclic) bond motifs is 2. The van der Waals surface area contributed by atoms with Gasteiger partial charge in [0.2, 0.25) is 5.43 Å². The number of nitrogens with one attached hydrogen (secondary N) is 1. The lowest BCUT2D eigenvalue weighted by Crippen LogP contribution is -2.18. The zero-order chi connectivity index (χ0) is 24.1. The molecule has 3 aromatic carbocycles. The molecule has 4 N–H and O–H groups in total. The smallest absolute Gasteiger partial charge is 0.507 e. The lowest BCUT2D eigenvalue weighted by atomic mass is 10.1. The minimum absolute atomic E-state index is 0.0802. The average Bonchev–Trinajstić information content (AvgIpc) is 2.70. The van der Waals surface area contributed by atoms with E-state index in [2.05, 4.69) is 4.74 Å². The van der Waals surface area contributed by atoms with Gasteiger partial charge in [-0.05, 0) is 24.3 Å². The van der Waals surface area contributed by atoms with Crippen LogP contribution in [0.15, 0.2) is 62.6 Å². The molecule has 0 unspecified atom stereocenters. The molecule has 33 heavy (non-hydrogen) atoms. The molecule has 0 aliphatic carbocycles. The minimum atomic E-state index is -5.05. The van der Waals surface area contributed by atoms with Crippen LogP contribution in [0.1, 0.15) is 0 Å². The number of ether oxygens (including phenoxy) is 1. The number of benzene rings is 3. The van der Waals surface area contributed by atoms with E-state index in [0.717, 1.165) is 24.3 Å². The number of phenols is 3. The topological polar surface area (TPSA) is 146 Å². The van der Waals surface area contributed by atoms with Crippen molar-refractivity contribution in [2.24, 2.45) is 0 Å². The highest BCUT2D eigenvalue weighted by atomic mass is 32.2. The van der Waals surface area contributed by atoms with E-state index >= 15 is 0 Å². The van der Waals surface area contributed by atoms with Crippen LogP contribution in [0.4, 0.5) is 18.9 Å². The summed E-state index contributed by atoms with van der Waals surface area (Å²) in [6.07, 6.45) is -5.05. The summed E-state index contributed by atoms with van der Waals surface area (Å²) in [4.78, 5) is 12.1. The van der Waals surface area contributed by atoms with Gasteiger partial charge in [-0.1, -0.05) is 12.1 Å². The SMILES string of the molecule is O=c1c2c(O)cccc2oc2cc(NS(=O)(=O)c3cccc(OC(F)(F)F)c3)c(O)c(O)c12. The van der Waals surface area contributed by atoms with Gasteiger partial charge in [-0.2, -0.15) is 0 Å². The van der Waals surface area contributed by atoms with E-state index in [-0.39, 0.29) is 16.6 Å². The van der Waals surface area contributed by atoms with Crippen LogP contribution in [0.3, 0.4) is 0 Å². The van der Waals surface area contributed by atoms with Gasteiger partial charge in [0, 0.05) is 12.1 Å². The zero-order valence-electron chi connectivity index (χ0n) is 16.0. The fourth-order valence-electron chi connectivity index (χ4n) is 3.13. The second-order valence-electron chi connectivity index (χ2n) is 6.70. The molecule has 0 aliphatic heterocycles. The fourth-order valence-corrected chi connectivity index (χ4v) is 4.22. The minimum Gasteiger partial charge on any atom is -0.507 e. The number of sulfonamides is 1. The predicted molar refractivity (Wildman–Crippen MR) is 109 cm³/mol. The van der Waals surface area contributed by atoms with Gasteiger partial charge in [0.25, 0.3) is 10.0 Å². The highest BCUT2D eigenvalue weighted by molar-refractivity contribution is 7.92. The van der Waals surface area contributed by atoms with Crippen LogP contribution in [0, 0.1) is 0 Å². The van der Waals surface area contributed by atoms with Gasteiger partial charge in [-0.3, -0.25) is 9.52 Å². The number of rotatable bonds is 4. The van der Waals surface area contributed by atoms with Crippen molar-refractivity contribution in [3.63, 3.8) is 0 Å². The standard InChI is InChI=1S/C20H12F3NO8S/c21-20(22,23)32-9-3-1-4-10(7-9)33(29,30)24-11-8-14-16(19(28)17(11)26)18(27)15-12(25)5-2-6-13(15)31-14/h1-8,24-26,28H. The molecule has 0 saturated heterocycles. The molecular weight excluding hydrogens is 471 g/mol. The molecule has 4 aromatic rings. The second-order valence-corrected chi connectivity index (χ2v) is 8.39. The first-order chi connectivity index (χ1) is 15.4. The molecule has 0 radical (unpaired) electrons. The molecule has 1 heterocycles. The summed E-state index contributed by atoms with van der Waals surface area (Å²) in [5.74, 6) is -3.31. The maximum absolute atomic E-state index is 12.7. The normalized spacial score (nSPS) is 12.2. The summed E-state index contributed by atoms with van der Waals surface area (Å²) in [6.45, 7) is 0. The van der Waals surface area contributed by atoms with Gasteiger partial charge in [0.05, 0.1) is 10.6 Å². The summed E-state index contributed by atoms with van der Waals surface area (Å²) in [6, 6.07) is 8.31.